The molecule has 112 valence electrons. The Labute approximate surface area is 125 Å². The summed E-state index contributed by atoms with van der Waals surface area (Å²) >= 11 is 0. The van der Waals surface area contributed by atoms with Crippen LogP contribution in [0.4, 0.5) is 0 Å². The van der Waals surface area contributed by atoms with Gasteiger partial charge in [-0.3, -0.25) is 4.79 Å². The number of nitrogens with two attached hydrogens (primary N) is 1. The van der Waals surface area contributed by atoms with E-state index in [9.17, 15) is 4.79 Å². The molecule has 0 saturated carbocycles. The van der Waals surface area contributed by atoms with E-state index >= 15 is 0 Å². The molecule has 0 aliphatic rings. The molecule has 0 heterocycles. The van der Waals surface area contributed by atoms with Crippen LogP contribution in [0.15, 0.2) is 36.4 Å². The van der Waals surface area contributed by atoms with E-state index in [0.29, 0.717) is 18.2 Å². The van der Waals surface area contributed by atoms with Gasteiger partial charge < -0.3 is 15.8 Å². The molecule has 0 aliphatic carbocycles. The topological polar surface area (TPSA) is 64.3 Å². The smallest absolute Gasteiger partial charge is 0.255 e. The molecule has 0 aromatic heterocycles. The van der Waals surface area contributed by atoms with Gasteiger partial charge in [-0.25, -0.2) is 0 Å². The summed E-state index contributed by atoms with van der Waals surface area (Å²) in [6, 6.07) is 12.1. The maximum Gasteiger partial charge on any atom is 0.255 e. The molecule has 2 aromatic carbocycles. The van der Waals surface area contributed by atoms with Crippen LogP contribution in [0.1, 0.15) is 19.4 Å². The van der Waals surface area contributed by atoms with Crippen molar-refractivity contribution in [3.63, 3.8) is 0 Å². The van der Waals surface area contributed by atoms with E-state index < -0.39 is 5.91 Å². The van der Waals surface area contributed by atoms with E-state index in [1.807, 2.05) is 24.3 Å². The molecule has 2 rings (SSSR count). The Balaban J connectivity index is 2.30. The monoisotopic (exact) mass is 286 g/mol. The van der Waals surface area contributed by atoms with Crippen molar-refractivity contribution in [2.45, 2.75) is 20.4 Å². The lowest BCUT2D eigenvalue weighted by molar-refractivity contribution is -0.119. The molecule has 0 fully saturated rings. The van der Waals surface area contributed by atoms with Crippen molar-refractivity contribution >= 4 is 16.7 Å². The van der Waals surface area contributed by atoms with Crippen molar-refractivity contribution in [2.75, 3.05) is 13.2 Å². The summed E-state index contributed by atoms with van der Waals surface area (Å²) in [6.45, 7) is 5.86. The first-order valence-electron chi connectivity index (χ1n) is 7.20. The van der Waals surface area contributed by atoms with Gasteiger partial charge in [0.2, 0.25) is 0 Å². The van der Waals surface area contributed by atoms with Gasteiger partial charge in [-0.1, -0.05) is 44.2 Å². The molecular weight excluding hydrogens is 264 g/mol. The largest absolute Gasteiger partial charge is 0.483 e. The second kappa shape index (κ2) is 7.09. The molecule has 3 N–H and O–H groups in total. The minimum Gasteiger partial charge on any atom is -0.483 e. The SMILES string of the molecule is CC(C)CNCc1c(OCC(N)=O)ccc2ccccc12. The standard InChI is InChI=1S/C17H22N2O2/c1-12(2)9-19-10-15-14-6-4-3-5-13(14)7-8-16(15)21-11-17(18)20/h3-8,12,19H,9-11H2,1-2H3,(H2,18,20). The summed E-state index contributed by atoms with van der Waals surface area (Å²) in [7, 11) is 0. The number of benzene rings is 2. The van der Waals surface area contributed by atoms with Gasteiger partial charge >= 0.3 is 0 Å². The minimum atomic E-state index is -0.468. The summed E-state index contributed by atoms with van der Waals surface area (Å²) in [5.41, 5.74) is 6.23. The number of rotatable bonds is 7. The molecule has 0 bridgehead atoms. The van der Waals surface area contributed by atoms with Crippen LogP contribution in [-0.2, 0) is 11.3 Å². The van der Waals surface area contributed by atoms with Crippen molar-refractivity contribution in [3.8, 4) is 5.75 Å². The minimum absolute atomic E-state index is 0.102. The first-order valence-corrected chi connectivity index (χ1v) is 7.20. The fraction of sp³-hybridized carbons (Fsp3) is 0.353. The normalized spacial score (nSPS) is 11.0. The van der Waals surface area contributed by atoms with Gasteiger partial charge in [-0.2, -0.15) is 0 Å². The summed E-state index contributed by atoms with van der Waals surface area (Å²) in [6.07, 6.45) is 0. The molecular formula is C17H22N2O2. The van der Waals surface area contributed by atoms with E-state index in [-0.39, 0.29) is 6.61 Å². The van der Waals surface area contributed by atoms with Crippen LogP contribution < -0.4 is 15.8 Å². The average molecular weight is 286 g/mol. The van der Waals surface area contributed by atoms with E-state index in [1.54, 1.807) is 0 Å². The lowest BCUT2D eigenvalue weighted by atomic mass is 10.0. The third-order valence-corrected chi connectivity index (χ3v) is 3.22. The number of carbonyl (C=O) groups excluding carboxylic acids is 1. The fourth-order valence-electron chi connectivity index (χ4n) is 2.27. The number of amides is 1. The lowest BCUT2D eigenvalue weighted by Gasteiger charge is -2.15. The van der Waals surface area contributed by atoms with Crippen molar-refractivity contribution in [3.05, 3.63) is 42.0 Å². The van der Waals surface area contributed by atoms with Gasteiger partial charge in [-0.05, 0) is 29.3 Å². The number of nitrogens with one attached hydrogen (secondary N) is 1. The van der Waals surface area contributed by atoms with Gasteiger partial charge in [0, 0.05) is 12.1 Å². The second-order valence-corrected chi connectivity index (χ2v) is 5.54. The van der Waals surface area contributed by atoms with E-state index in [1.165, 1.54) is 0 Å². The Bertz CT molecular complexity index is 623. The van der Waals surface area contributed by atoms with Gasteiger partial charge in [0.1, 0.15) is 5.75 Å². The molecule has 0 spiro atoms. The number of ether oxygens (including phenoxy) is 1. The first-order chi connectivity index (χ1) is 10.1. The number of primary amides is 1. The number of hydrogen-bond acceptors (Lipinski definition) is 3. The number of fused-ring (bicyclic) bond motifs is 1. The van der Waals surface area contributed by atoms with E-state index in [2.05, 4.69) is 31.3 Å². The highest BCUT2D eigenvalue weighted by atomic mass is 16.5. The molecule has 21 heavy (non-hydrogen) atoms. The molecule has 4 nitrogen and oxygen atoms in total. The molecule has 1 amide bonds. The highest BCUT2D eigenvalue weighted by Crippen LogP contribution is 2.28. The lowest BCUT2D eigenvalue weighted by Crippen LogP contribution is -2.22. The van der Waals surface area contributed by atoms with Crippen LogP contribution in [0.25, 0.3) is 10.8 Å². The zero-order valence-electron chi connectivity index (χ0n) is 12.6. The zero-order valence-corrected chi connectivity index (χ0v) is 12.6. The second-order valence-electron chi connectivity index (χ2n) is 5.54. The van der Waals surface area contributed by atoms with Crippen molar-refractivity contribution in [1.29, 1.82) is 0 Å². The third kappa shape index (κ3) is 4.20. The Morgan fingerprint density at radius 1 is 1.24 bits per heavy atom. The number of carbonyl (C=O) groups is 1. The van der Waals surface area contributed by atoms with Crippen LogP contribution in [0.5, 0.6) is 5.75 Å². The van der Waals surface area contributed by atoms with Gasteiger partial charge in [-0.15, -0.1) is 0 Å². The predicted molar refractivity (Wildman–Crippen MR) is 85.2 cm³/mol. The number of hydrogen-bond donors (Lipinski definition) is 2. The summed E-state index contributed by atoms with van der Waals surface area (Å²) in [5.74, 6) is 0.822. The van der Waals surface area contributed by atoms with Crippen molar-refractivity contribution in [2.24, 2.45) is 11.7 Å². The first kappa shape index (κ1) is 15.3. The predicted octanol–water partition coefficient (Wildman–Crippen LogP) is 2.45. The highest BCUT2D eigenvalue weighted by Gasteiger charge is 2.10. The fourth-order valence-corrected chi connectivity index (χ4v) is 2.27. The Morgan fingerprint density at radius 3 is 2.71 bits per heavy atom. The quantitative estimate of drug-likeness (QED) is 0.821. The van der Waals surface area contributed by atoms with Crippen molar-refractivity contribution < 1.29 is 9.53 Å². The molecule has 0 saturated heterocycles. The summed E-state index contributed by atoms with van der Waals surface area (Å²) in [5, 5.41) is 5.72. The highest BCUT2D eigenvalue weighted by molar-refractivity contribution is 5.88. The Hall–Kier alpha value is -2.07. The molecule has 0 aliphatic heterocycles. The van der Waals surface area contributed by atoms with Crippen LogP contribution in [0.3, 0.4) is 0 Å². The third-order valence-electron chi connectivity index (χ3n) is 3.22. The maximum absolute atomic E-state index is 10.9. The zero-order chi connectivity index (χ0) is 15.2. The Morgan fingerprint density at radius 2 is 2.00 bits per heavy atom. The molecule has 0 radical (unpaired) electrons. The molecule has 4 heteroatoms. The summed E-state index contributed by atoms with van der Waals surface area (Å²) in [4.78, 5) is 10.9. The van der Waals surface area contributed by atoms with Gasteiger partial charge in [0.15, 0.2) is 6.61 Å². The van der Waals surface area contributed by atoms with Crippen LogP contribution in [0.2, 0.25) is 0 Å². The van der Waals surface area contributed by atoms with E-state index in [4.69, 9.17) is 10.5 Å². The molecule has 2 aromatic rings. The summed E-state index contributed by atoms with van der Waals surface area (Å²) < 4.78 is 5.55. The maximum atomic E-state index is 10.9. The van der Waals surface area contributed by atoms with E-state index in [0.717, 1.165) is 22.9 Å². The Kier molecular flexibility index (Phi) is 5.17. The van der Waals surface area contributed by atoms with Gasteiger partial charge in [0.25, 0.3) is 5.91 Å². The molecule has 0 atom stereocenters. The van der Waals surface area contributed by atoms with Crippen LogP contribution in [0, 0.1) is 5.92 Å². The average Bonchev–Trinajstić information content (AvgIpc) is 2.45. The van der Waals surface area contributed by atoms with Gasteiger partial charge in [0.05, 0.1) is 0 Å². The van der Waals surface area contributed by atoms with Crippen molar-refractivity contribution in [1.82, 2.24) is 5.32 Å². The molecule has 0 unspecified atom stereocenters. The van der Waals surface area contributed by atoms with Crippen LogP contribution >= 0.6 is 0 Å². The van der Waals surface area contributed by atoms with Crippen LogP contribution in [-0.4, -0.2) is 19.1 Å².